The molecule has 0 aromatic carbocycles. The van der Waals surface area contributed by atoms with E-state index in [0.717, 1.165) is 0 Å². The normalized spacial score (nSPS) is 8.58. The van der Waals surface area contributed by atoms with Crippen LogP contribution < -0.4 is 0 Å². The fourth-order valence-corrected chi connectivity index (χ4v) is 0.991. The molecule has 0 saturated heterocycles. The second-order valence-corrected chi connectivity index (χ2v) is 3.02. The number of allylic oxidation sites excluding steroid dienone is 1. The van der Waals surface area contributed by atoms with Gasteiger partial charge in [-0.1, -0.05) is 11.6 Å². The van der Waals surface area contributed by atoms with Crippen LogP contribution in [0.3, 0.4) is 0 Å². The highest BCUT2D eigenvalue weighted by atomic mass is 79.9. The molecule has 1 heterocycles. The molecular formula is C10H14BrN. The number of hydrogen-bond acceptors (Lipinski definition) is 1. The molecule has 0 fully saturated rings. The van der Waals surface area contributed by atoms with Crippen LogP contribution >= 0.6 is 17.0 Å². The molecule has 2 heteroatoms. The molecule has 0 aliphatic rings. The first-order chi connectivity index (χ1) is 5.18. The van der Waals surface area contributed by atoms with E-state index in [-0.39, 0.29) is 17.0 Å². The van der Waals surface area contributed by atoms with Crippen molar-refractivity contribution in [1.82, 2.24) is 4.98 Å². The number of nitrogens with zero attached hydrogens (tertiary/aromatic N) is 1. The van der Waals surface area contributed by atoms with Crippen LogP contribution in [0.1, 0.15) is 25.0 Å². The highest BCUT2D eigenvalue weighted by molar-refractivity contribution is 8.93. The summed E-state index contributed by atoms with van der Waals surface area (Å²) in [6.45, 7) is 6.22. The van der Waals surface area contributed by atoms with Crippen molar-refractivity contribution in [3.8, 4) is 0 Å². The van der Waals surface area contributed by atoms with E-state index in [2.05, 4.69) is 37.9 Å². The van der Waals surface area contributed by atoms with Crippen molar-refractivity contribution in [2.24, 2.45) is 0 Å². The molecule has 0 aliphatic carbocycles. The van der Waals surface area contributed by atoms with Crippen LogP contribution in [0, 0.1) is 6.92 Å². The Hall–Kier alpha value is -0.630. The second-order valence-electron chi connectivity index (χ2n) is 3.02. The summed E-state index contributed by atoms with van der Waals surface area (Å²) in [5.74, 6) is 0. The molecule has 0 spiro atoms. The SMILES string of the molecule is Br.CC(C)=Cc1cncc(C)c1. The third kappa shape index (κ3) is 3.67. The van der Waals surface area contributed by atoms with Crippen LogP contribution in [-0.2, 0) is 0 Å². The first-order valence-corrected chi connectivity index (χ1v) is 3.75. The summed E-state index contributed by atoms with van der Waals surface area (Å²) in [5, 5.41) is 0. The minimum Gasteiger partial charge on any atom is -0.264 e. The highest BCUT2D eigenvalue weighted by Gasteiger charge is 1.88. The molecule has 1 rings (SSSR count). The molecule has 0 bridgehead atoms. The van der Waals surface area contributed by atoms with Gasteiger partial charge >= 0.3 is 0 Å². The molecule has 1 aromatic heterocycles. The van der Waals surface area contributed by atoms with Gasteiger partial charge in [0.25, 0.3) is 0 Å². The van der Waals surface area contributed by atoms with Crippen molar-refractivity contribution in [2.75, 3.05) is 0 Å². The van der Waals surface area contributed by atoms with Crippen molar-refractivity contribution >= 4 is 23.1 Å². The smallest absolute Gasteiger partial charge is 0.0340 e. The number of aryl methyl sites for hydroxylation is 1. The van der Waals surface area contributed by atoms with Gasteiger partial charge in [0.15, 0.2) is 0 Å². The molecule has 0 atom stereocenters. The molecule has 0 radical (unpaired) electrons. The van der Waals surface area contributed by atoms with Crippen molar-refractivity contribution in [1.29, 1.82) is 0 Å². The standard InChI is InChI=1S/C10H13N.BrH/c1-8(2)4-10-5-9(3)6-11-7-10;/h4-7H,1-3H3;1H. The maximum atomic E-state index is 4.09. The molecule has 0 amide bonds. The van der Waals surface area contributed by atoms with Crippen molar-refractivity contribution in [3.05, 3.63) is 35.2 Å². The lowest BCUT2D eigenvalue weighted by Gasteiger charge is -1.95. The van der Waals surface area contributed by atoms with E-state index in [1.807, 2.05) is 12.4 Å². The van der Waals surface area contributed by atoms with Crippen molar-refractivity contribution < 1.29 is 0 Å². The topological polar surface area (TPSA) is 12.9 Å². The van der Waals surface area contributed by atoms with Crippen LogP contribution in [0.15, 0.2) is 24.0 Å². The lowest BCUT2D eigenvalue weighted by Crippen LogP contribution is -1.79. The number of aromatic nitrogens is 1. The number of hydrogen-bond donors (Lipinski definition) is 0. The Kier molecular flexibility index (Phi) is 4.83. The van der Waals surface area contributed by atoms with Gasteiger partial charge in [0.1, 0.15) is 0 Å². The van der Waals surface area contributed by atoms with Gasteiger partial charge in [-0.25, -0.2) is 0 Å². The van der Waals surface area contributed by atoms with E-state index in [0.29, 0.717) is 0 Å². The molecule has 12 heavy (non-hydrogen) atoms. The minimum atomic E-state index is 0. The summed E-state index contributed by atoms with van der Waals surface area (Å²) in [6, 6.07) is 2.12. The van der Waals surface area contributed by atoms with Gasteiger partial charge in [-0.05, 0) is 38.0 Å². The summed E-state index contributed by atoms with van der Waals surface area (Å²) in [7, 11) is 0. The predicted octanol–water partition coefficient (Wildman–Crippen LogP) is 3.39. The largest absolute Gasteiger partial charge is 0.264 e. The van der Waals surface area contributed by atoms with Gasteiger partial charge in [-0.3, -0.25) is 4.98 Å². The zero-order chi connectivity index (χ0) is 8.27. The molecule has 66 valence electrons. The van der Waals surface area contributed by atoms with Crippen LogP contribution in [0.5, 0.6) is 0 Å². The van der Waals surface area contributed by atoms with Crippen LogP contribution in [0.25, 0.3) is 6.08 Å². The maximum absolute atomic E-state index is 4.09. The fraction of sp³-hybridized carbons (Fsp3) is 0.300. The molecular weight excluding hydrogens is 214 g/mol. The van der Waals surface area contributed by atoms with E-state index in [9.17, 15) is 0 Å². The monoisotopic (exact) mass is 227 g/mol. The Morgan fingerprint density at radius 1 is 1.33 bits per heavy atom. The zero-order valence-electron chi connectivity index (χ0n) is 7.66. The Morgan fingerprint density at radius 3 is 2.50 bits per heavy atom. The average Bonchev–Trinajstić information content (AvgIpc) is 1.85. The van der Waals surface area contributed by atoms with Crippen LogP contribution in [0.2, 0.25) is 0 Å². The van der Waals surface area contributed by atoms with Gasteiger partial charge < -0.3 is 0 Å². The molecule has 0 saturated carbocycles. The third-order valence-corrected chi connectivity index (χ3v) is 1.35. The highest BCUT2D eigenvalue weighted by Crippen LogP contribution is 2.05. The quantitative estimate of drug-likeness (QED) is 0.717. The van der Waals surface area contributed by atoms with Crippen molar-refractivity contribution in [3.63, 3.8) is 0 Å². The first kappa shape index (κ1) is 11.4. The predicted molar refractivity (Wildman–Crippen MR) is 58.6 cm³/mol. The second kappa shape index (κ2) is 5.09. The van der Waals surface area contributed by atoms with E-state index in [4.69, 9.17) is 0 Å². The summed E-state index contributed by atoms with van der Waals surface area (Å²) >= 11 is 0. The number of pyridine rings is 1. The van der Waals surface area contributed by atoms with E-state index >= 15 is 0 Å². The van der Waals surface area contributed by atoms with Gasteiger partial charge in [-0.2, -0.15) is 0 Å². The fourth-order valence-electron chi connectivity index (χ4n) is 0.991. The van der Waals surface area contributed by atoms with E-state index < -0.39 is 0 Å². The maximum Gasteiger partial charge on any atom is 0.0340 e. The number of rotatable bonds is 1. The molecule has 0 unspecified atom stereocenters. The number of halogens is 1. The molecule has 1 nitrogen and oxygen atoms in total. The van der Waals surface area contributed by atoms with Gasteiger partial charge in [0.05, 0.1) is 0 Å². The molecule has 1 aromatic rings. The zero-order valence-corrected chi connectivity index (χ0v) is 9.38. The summed E-state index contributed by atoms with van der Waals surface area (Å²) in [5.41, 5.74) is 3.70. The van der Waals surface area contributed by atoms with E-state index in [1.54, 1.807) is 0 Å². The lowest BCUT2D eigenvalue weighted by molar-refractivity contribution is 1.25. The Balaban J connectivity index is 0.00000121. The summed E-state index contributed by atoms with van der Waals surface area (Å²) in [6.07, 6.45) is 5.86. The minimum absolute atomic E-state index is 0. The third-order valence-electron chi connectivity index (χ3n) is 1.35. The first-order valence-electron chi connectivity index (χ1n) is 3.75. The van der Waals surface area contributed by atoms with Gasteiger partial charge in [0, 0.05) is 12.4 Å². The average molecular weight is 228 g/mol. The lowest BCUT2D eigenvalue weighted by atomic mass is 10.2. The molecule has 0 N–H and O–H groups in total. The van der Waals surface area contributed by atoms with Crippen LogP contribution in [0.4, 0.5) is 0 Å². The van der Waals surface area contributed by atoms with Gasteiger partial charge in [0.2, 0.25) is 0 Å². The summed E-state index contributed by atoms with van der Waals surface area (Å²) in [4.78, 5) is 4.09. The Bertz CT molecular complexity index is 275. The Morgan fingerprint density at radius 2 is 2.00 bits per heavy atom. The van der Waals surface area contributed by atoms with Gasteiger partial charge in [-0.15, -0.1) is 17.0 Å². The molecule has 0 aliphatic heterocycles. The van der Waals surface area contributed by atoms with Crippen molar-refractivity contribution in [2.45, 2.75) is 20.8 Å². The Labute approximate surface area is 84.3 Å². The van der Waals surface area contributed by atoms with E-state index in [1.165, 1.54) is 16.7 Å². The summed E-state index contributed by atoms with van der Waals surface area (Å²) < 4.78 is 0. The van der Waals surface area contributed by atoms with Crippen LogP contribution in [-0.4, -0.2) is 4.98 Å².